The summed E-state index contributed by atoms with van der Waals surface area (Å²) in [6, 6.07) is 0. The van der Waals surface area contributed by atoms with E-state index < -0.39 is 0 Å². The Bertz CT molecular complexity index is 446. The van der Waals surface area contributed by atoms with Crippen LogP contribution in [-0.2, 0) is 0 Å². The Morgan fingerprint density at radius 1 is 1.27 bits per heavy atom. The average Bonchev–Trinajstić information content (AvgIpc) is 2.59. The molecule has 1 aromatic heterocycles. The van der Waals surface area contributed by atoms with Gasteiger partial charge in [0.2, 0.25) is 0 Å². The second-order valence-electron chi connectivity index (χ2n) is 3.03. The number of allylic oxidation sites excluding steroid dienone is 1. The fourth-order valence-electron chi connectivity index (χ4n) is 1.43. The van der Waals surface area contributed by atoms with Gasteiger partial charge in [0.15, 0.2) is 11.5 Å². The van der Waals surface area contributed by atoms with Gasteiger partial charge in [-0.3, -0.25) is 0 Å². The van der Waals surface area contributed by atoms with Gasteiger partial charge in [0.05, 0.1) is 4.88 Å². The molecule has 78 valence electrons. The highest BCUT2D eigenvalue weighted by molar-refractivity contribution is 7.14. The summed E-state index contributed by atoms with van der Waals surface area (Å²) in [5, 5.41) is 0. The van der Waals surface area contributed by atoms with Crippen LogP contribution in [0.1, 0.15) is 23.6 Å². The minimum atomic E-state index is 0.609. The minimum Gasteiger partial charge on any atom is -0.485 e. The van der Waals surface area contributed by atoms with Crippen LogP contribution in [0.2, 0.25) is 0 Å². The van der Waals surface area contributed by atoms with E-state index in [-0.39, 0.29) is 0 Å². The first-order chi connectivity index (χ1) is 7.36. The molecule has 0 fully saturated rings. The third kappa shape index (κ3) is 1.86. The van der Waals surface area contributed by atoms with Crippen LogP contribution >= 0.6 is 11.3 Å². The fourth-order valence-corrected chi connectivity index (χ4v) is 2.50. The molecule has 0 spiro atoms. The zero-order chi connectivity index (χ0) is 10.7. The molecule has 2 rings (SSSR count). The van der Waals surface area contributed by atoms with E-state index in [4.69, 9.17) is 9.47 Å². The molecule has 0 bridgehead atoms. The van der Waals surface area contributed by atoms with E-state index >= 15 is 0 Å². The summed E-state index contributed by atoms with van der Waals surface area (Å²) in [6.45, 7) is 5.04. The molecule has 0 aromatic carbocycles. The van der Waals surface area contributed by atoms with Crippen molar-refractivity contribution in [3.63, 3.8) is 0 Å². The van der Waals surface area contributed by atoms with Gasteiger partial charge in [-0.2, -0.15) is 0 Å². The zero-order valence-electron chi connectivity index (χ0n) is 8.79. The summed E-state index contributed by atoms with van der Waals surface area (Å²) in [5.74, 6) is 7.60. The predicted octanol–water partition coefficient (Wildman–Crippen LogP) is 2.92. The molecule has 1 aliphatic heterocycles. The number of fused-ring (bicyclic) bond motifs is 1. The highest BCUT2D eigenvalue weighted by Crippen LogP contribution is 2.44. The zero-order valence-corrected chi connectivity index (χ0v) is 9.61. The lowest BCUT2D eigenvalue weighted by atomic mass is 10.3. The highest BCUT2D eigenvalue weighted by Gasteiger charge is 2.21. The first-order valence-corrected chi connectivity index (χ1v) is 5.66. The van der Waals surface area contributed by atoms with E-state index in [1.807, 2.05) is 26.0 Å². The van der Waals surface area contributed by atoms with E-state index in [0.717, 1.165) is 21.3 Å². The Kier molecular flexibility index (Phi) is 2.98. The van der Waals surface area contributed by atoms with Crippen molar-refractivity contribution >= 4 is 17.4 Å². The Balaban J connectivity index is 2.52. The van der Waals surface area contributed by atoms with E-state index in [0.29, 0.717) is 13.2 Å². The lowest BCUT2D eigenvalue weighted by Crippen LogP contribution is -2.15. The molecule has 2 heterocycles. The van der Waals surface area contributed by atoms with Gasteiger partial charge in [-0.1, -0.05) is 12.0 Å². The number of hydrogen-bond acceptors (Lipinski definition) is 3. The van der Waals surface area contributed by atoms with Gasteiger partial charge >= 0.3 is 0 Å². The molecular weight excluding hydrogens is 208 g/mol. The molecule has 0 saturated heterocycles. The molecule has 1 aliphatic rings. The third-order valence-electron chi connectivity index (χ3n) is 1.98. The van der Waals surface area contributed by atoms with Gasteiger partial charge in [0.1, 0.15) is 18.1 Å². The summed E-state index contributed by atoms with van der Waals surface area (Å²) in [6.07, 6.45) is 4.02. The van der Waals surface area contributed by atoms with Crippen LogP contribution in [0.25, 0.3) is 6.08 Å². The van der Waals surface area contributed by atoms with E-state index in [2.05, 4.69) is 11.8 Å². The normalized spacial score (nSPS) is 13.7. The van der Waals surface area contributed by atoms with Crippen molar-refractivity contribution in [2.45, 2.75) is 13.8 Å². The van der Waals surface area contributed by atoms with Crippen LogP contribution in [0.4, 0.5) is 0 Å². The molecule has 1 aromatic rings. The molecule has 0 amide bonds. The maximum absolute atomic E-state index is 5.60. The quantitative estimate of drug-likeness (QED) is 0.677. The Hall–Kier alpha value is -1.40. The first kappa shape index (κ1) is 10.1. The predicted molar refractivity (Wildman–Crippen MR) is 62.6 cm³/mol. The van der Waals surface area contributed by atoms with Gasteiger partial charge in [-0.25, -0.2) is 0 Å². The van der Waals surface area contributed by atoms with Crippen molar-refractivity contribution in [1.29, 1.82) is 0 Å². The van der Waals surface area contributed by atoms with Crippen LogP contribution in [-0.4, -0.2) is 13.2 Å². The molecule has 0 aliphatic carbocycles. The monoisotopic (exact) mass is 220 g/mol. The van der Waals surface area contributed by atoms with Crippen molar-refractivity contribution in [1.82, 2.24) is 0 Å². The van der Waals surface area contributed by atoms with Gasteiger partial charge in [-0.15, -0.1) is 17.3 Å². The van der Waals surface area contributed by atoms with Crippen molar-refractivity contribution in [3.05, 3.63) is 15.8 Å². The van der Waals surface area contributed by atoms with Crippen LogP contribution in [0, 0.1) is 11.8 Å². The van der Waals surface area contributed by atoms with Gasteiger partial charge in [0.25, 0.3) is 0 Å². The summed E-state index contributed by atoms with van der Waals surface area (Å²) in [4.78, 5) is 2.05. The van der Waals surface area contributed by atoms with E-state index in [1.165, 1.54) is 0 Å². The Morgan fingerprint density at radius 3 is 2.67 bits per heavy atom. The Morgan fingerprint density at radius 2 is 2.00 bits per heavy atom. The molecule has 0 radical (unpaired) electrons. The van der Waals surface area contributed by atoms with Crippen molar-refractivity contribution in [2.75, 3.05) is 13.2 Å². The van der Waals surface area contributed by atoms with Gasteiger partial charge < -0.3 is 9.47 Å². The molecule has 0 N–H and O–H groups in total. The summed E-state index contributed by atoms with van der Waals surface area (Å²) < 4.78 is 11.2. The van der Waals surface area contributed by atoms with Crippen molar-refractivity contribution in [2.24, 2.45) is 0 Å². The molecule has 0 saturated carbocycles. The van der Waals surface area contributed by atoms with E-state index in [9.17, 15) is 0 Å². The van der Waals surface area contributed by atoms with Crippen molar-refractivity contribution < 1.29 is 9.47 Å². The largest absolute Gasteiger partial charge is 0.485 e. The van der Waals surface area contributed by atoms with Crippen LogP contribution in [0.5, 0.6) is 11.5 Å². The summed E-state index contributed by atoms with van der Waals surface area (Å²) >= 11 is 1.61. The number of ether oxygens (including phenoxy) is 2. The standard InChI is InChI=1S/C12H12O2S/c1-3-5-9-11-12(14-8-7-13-11)10(15-9)6-4-2/h3,5H,7-8H2,1-2H3/b5-3+. The number of thiophene rings is 1. The maximum atomic E-state index is 5.60. The highest BCUT2D eigenvalue weighted by atomic mass is 32.1. The first-order valence-electron chi connectivity index (χ1n) is 4.84. The number of hydrogen-bond donors (Lipinski definition) is 0. The summed E-state index contributed by atoms with van der Waals surface area (Å²) in [7, 11) is 0. The Labute approximate surface area is 93.5 Å². The average molecular weight is 220 g/mol. The fraction of sp³-hybridized carbons (Fsp3) is 0.333. The molecule has 15 heavy (non-hydrogen) atoms. The lowest BCUT2D eigenvalue weighted by molar-refractivity contribution is 0.173. The van der Waals surface area contributed by atoms with Crippen molar-refractivity contribution in [3.8, 4) is 23.3 Å². The second-order valence-corrected chi connectivity index (χ2v) is 4.08. The van der Waals surface area contributed by atoms with Crippen LogP contribution < -0.4 is 9.47 Å². The lowest BCUT2D eigenvalue weighted by Gasteiger charge is -2.15. The second kappa shape index (κ2) is 4.41. The maximum Gasteiger partial charge on any atom is 0.188 e. The number of rotatable bonds is 1. The smallest absolute Gasteiger partial charge is 0.188 e. The van der Waals surface area contributed by atoms with E-state index in [1.54, 1.807) is 11.3 Å². The molecule has 0 atom stereocenters. The van der Waals surface area contributed by atoms with Gasteiger partial charge in [0, 0.05) is 0 Å². The molecule has 3 heteroatoms. The minimum absolute atomic E-state index is 0.609. The topological polar surface area (TPSA) is 18.5 Å². The molecular formula is C12H12O2S. The van der Waals surface area contributed by atoms with Gasteiger partial charge in [-0.05, 0) is 19.9 Å². The third-order valence-corrected chi connectivity index (χ3v) is 3.01. The van der Waals surface area contributed by atoms with Crippen LogP contribution in [0.15, 0.2) is 6.08 Å². The molecule has 2 nitrogen and oxygen atoms in total. The van der Waals surface area contributed by atoms with Crippen LogP contribution in [0.3, 0.4) is 0 Å². The molecule has 0 unspecified atom stereocenters. The SMILES string of the molecule is CC#Cc1sc(/C=C/C)c2c1OCCO2. The summed E-state index contributed by atoms with van der Waals surface area (Å²) in [5.41, 5.74) is 0.